The highest BCUT2D eigenvalue weighted by Crippen LogP contribution is 2.21. The Labute approximate surface area is 113 Å². The second-order valence-corrected chi connectivity index (χ2v) is 6.41. The maximum Gasteiger partial charge on any atom is 0.0644 e. The first kappa shape index (κ1) is 15.4. The first-order chi connectivity index (χ1) is 8.36. The molecule has 1 heterocycles. The van der Waals surface area contributed by atoms with Gasteiger partial charge in [0.15, 0.2) is 0 Å². The summed E-state index contributed by atoms with van der Waals surface area (Å²) in [7, 11) is -0.759. The van der Waals surface area contributed by atoms with Crippen molar-refractivity contribution in [1.29, 1.82) is 0 Å². The molecule has 104 valence electrons. The summed E-state index contributed by atoms with van der Waals surface area (Å²) < 4.78 is 13.2. The van der Waals surface area contributed by atoms with Crippen LogP contribution in [0.25, 0.3) is 0 Å². The first-order valence-corrected chi connectivity index (χ1v) is 8.19. The van der Waals surface area contributed by atoms with Gasteiger partial charge in [-0.05, 0) is 34.6 Å². The molecule has 5 heteroatoms. The molecule has 0 radical (unpaired) electrons. The van der Waals surface area contributed by atoms with Crippen LogP contribution in [-0.4, -0.2) is 32.0 Å². The minimum absolute atomic E-state index is 0.240. The van der Waals surface area contributed by atoms with Crippen molar-refractivity contribution >= 4 is 10.8 Å². The van der Waals surface area contributed by atoms with E-state index in [-0.39, 0.29) is 12.1 Å². The highest BCUT2D eigenvalue weighted by atomic mass is 32.2. The molecule has 18 heavy (non-hydrogen) atoms. The summed E-state index contributed by atoms with van der Waals surface area (Å²) in [6.07, 6.45) is 1.74. The molecule has 1 aromatic heterocycles. The summed E-state index contributed by atoms with van der Waals surface area (Å²) in [6, 6.07) is 0.485. The molecule has 3 unspecified atom stereocenters. The molecule has 0 aliphatic rings. The Balaban J connectivity index is 2.81. The third kappa shape index (κ3) is 3.65. The van der Waals surface area contributed by atoms with Gasteiger partial charge >= 0.3 is 0 Å². The van der Waals surface area contributed by atoms with Gasteiger partial charge < -0.3 is 5.32 Å². The van der Waals surface area contributed by atoms with E-state index in [9.17, 15) is 4.21 Å². The van der Waals surface area contributed by atoms with Crippen LogP contribution >= 0.6 is 0 Å². The molecule has 0 aliphatic carbocycles. The van der Waals surface area contributed by atoms with Gasteiger partial charge in [-0.25, -0.2) is 0 Å². The summed E-state index contributed by atoms with van der Waals surface area (Å²) in [5, 5.41) is 8.03. The Kier molecular flexibility index (Phi) is 5.53. The minimum Gasteiger partial charge on any atom is -0.307 e. The highest BCUT2D eigenvalue weighted by Gasteiger charge is 2.18. The standard InChI is InChI=1S/C13H25N3OS/c1-7-16-12(5)13(11(4)15-16)10(3)14-9(2)8-18(6)17/h9-10,14H,7-8H2,1-6H3. The number of aromatic nitrogens is 2. The summed E-state index contributed by atoms with van der Waals surface area (Å²) in [4.78, 5) is 0. The van der Waals surface area contributed by atoms with Gasteiger partial charge in [-0.15, -0.1) is 0 Å². The molecular weight excluding hydrogens is 246 g/mol. The molecule has 0 saturated carbocycles. The van der Waals surface area contributed by atoms with Gasteiger partial charge in [0.2, 0.25) is 0 Å². The van der Waals surface area contributed by atoms with Crippen LogP contribution in [0.4, 0.5) is 0 Å². The topological polar surface area (TPSA) is 46.9 Å². The van der Waals surface area contributed by atoms with Crippen LogP contribution in [0, 0.1) is 13.8 Å². The Hall–Kier alpha value is -0.680. The van der Waals surface area contributed by atoms with Gasteiger partial charge in [0.1, 0.15) is 0 Å². The van der Waals surface area contributed by atoms with Crippen molar-refractivity contribution in [3.05, 3.63) is 17.0 Å². The van der Waals surface area contributed by atoms with Gasteiger partial charge in [-0.2, -0.15) is 5.10 Å². The average molecular weight is 271 g/mol. The molecule has 4 nitrogen and oxygen atoms in total. The van der Waals surface area contributed by atoms with E-state index in [2.05, 4.69) is 45.0 Å². The molecule has 3 atom stereocenters. The van der Waals surface area contributed by atoms with Gasteiger partial charge in [0.05, 0.1) is 5.69 Å². The van der Waals surface area contributed by atoms with Crippen molar-refractivity contribution in [3.8, 4) is 0 Å². The zero-order chi connectivity index (χ0) is 13.9. The lowest BCUT2D eigenvalue weighted by Crippen LogP contribution is -2.33. The number of nitrogens with zero attached hydrogens (tertiary/aromatic N) is 2. The van der Waals surface area contributed by atoms with Gasteiger partial charge in [0.25, 0.3) is 0 Å². The molecule has 0 saturated heterocycles. The molecule has 0 aliphatic heterocycles. The van der Waals surface area contributed by atoms with Gasteiger partial charge in [-0.1, -0.05) is 0 Å². The van der Waals surface area contributed by atoms with Crippen molar-refractivity contribution < 1.29 is 4.21 Å². The fraction of sp³-hybridized carbons (Fsp3) is 0.769. The monoisotopic (exact) mass is 271 g/mol. The van der Waals surface area contributed by atoms with E-state index in [0.717, 1.165) is 12.2 Å². The fourth-order valence-electron chi connectivity index (χ4n) is 2.56. The highest BCUT2D eigenvalue weighted by molar-refractivity contribution is 7.84. The lowest BCUT2D eigenvalue weighted by atomic mass is 10.1. The lowest BCUT2D eigenvalue weighted by Gasteiger charge is -2.20. The zero-order valence-electron chi connectivity index (χ0n) is 12.3. The van der Waals surface area contributed by atoms with Crippen LogP contribution in [0.2, 0.25) is 0 Å². The molecule has 0 fully saturated rings. The summed E-state index contributed by atoms with van der Waals surface area (Å²) in [5.41, 5.74) is 3.57. The van der Waals surface area contributed by atoms with Crippen LogP contribution < -0.4 is 5.32 Å². The third-order valence-corrected chi connectivity index (χ3v) is 4.16. The first-order valence-electron chi connectivity index (χ1n) is 6.46. The molecule has 0 spiro atoms. The van der Waals surface area contributed by atoms with E-state index in [4.69, 9.17) is 0 Å². The Bertz CT molecular complexity index is 428. The molecular formula is C13H25N3OS. The number of hydrogen-bond donors (Lipinski definition) is 1. The average Bonchev–Trinajstić information content (AvgIpc) is 2.52. The second-order valence-electron chi connectivity index (χ2n) is 4.93. The number of hydrogen-bond acceptors (Lipinski definition) is 3. The SMILES string of the molecule is CCn1nc(C)c(C(C)NC(C)CS(C)=O)c1C. The maximum atomic E-state index is 11.2. The summed E-state index contributed by atoms with van der Waals surface area (Å²) >= 11 is 0. The lowest BCUT2D eigenvalue weighted by molar-refractivity contribution is 0.504. The summed E-state index contributed by atoms with van der Waals surface area (Å²) in [6.45, 7) is 11.4. The minimum atomic E-state index is -0.759. The van der Waals surface area contributed by atoms with Crippen LogP contribution in [0.5, 0.6) is 0 Å². The Morgan fingerprint density at radius 2 is 2.00 bits per heavy atom. The van der Waals surface area contributed by atoms with Crippen molar-refractivity contribution in [1.82, 2.24) is 15.1 Å². The van der Waals surface area contributed by atoms with Crippen molar-refractivity contribution in [2.24, 2.45) is 0 Å². The summed E-state index contributed by atoms with van der Waals surface area (Å²) in [5.74, 6) is 0.685. The fourth-order valence-corrected chi connectivity index (χ4v) is 3.36. The maximum absolute atomic E-state index is 11.2. The van der Waals surface area contributed by atoms with Gasteiger partial charge in [-0.3, -0.25) is 8.89 Å². The predicted molar refractivity (Wildman–Crippen MR) is 77.3 cm³/mol. The molecule has 0 bridgehead atoms. The molecule has 1 N–H and O–H groups in total. The van der Waals surface area contributed by atoms with Crippen molar-refractivity contribution in [3.63, 3.8) is 0 Å². The molecule has 1 aromatic rings. The van der Waals surface area contributed by atoms with Crippen LogP contribution in [0.1, 0.15) is 43.8 Å². The normalized spacial score (nSPS) is 16.6. The number of rotatable bonds is 6. The quantitative estimate of drug-likeness (QED) is 0.860. The Morgan fingerprint density at radius 1 is 1.39 bits per heavy atom. The molecule has 0 aromatic carbocycles. The molecule has 1 rings (SSSR count). The Morgan fingerprint density at radius 3 is 2.44 bits per heavy atom. The van der Waals surface area contributed by atoms with E-state index in [1.54, 1.807) is 6.26 Å². The second kappa shape index (κ2) is 6.48. The number of aryl methyl sites for hydroxylation is 2. The van der Waals surface area contributed by atoms with Crippen LogP contribution in [0.15, 0.2) is 0 Å². The molecule has 0 amide bonds. The third-order valence-electron chi connectivity index (χ3n) is 3.19. The largest absolute Gasteiger partial charge is 0.307 e. The van der Waals surface area contributed by atoms with E-state index >= 15 is 0 Å². The van der Waals surface area contributed by atoms with Crippen molar-refractivity contribution in [2.45, 2.75) is 53.2 Å². The van der Waals surface area contributed by atoms with Crippen LogP contribution in [0.3, 0.4) is 0 Å². The number of nitrogens with one attached hydrogen (secondary N) is 1. The van der Waals surface area contributed by atoms with E-state index in [1.807, 2.05) is 4.68 Å². The van der Waals surface area contributed by atoms with Crippen LogP contribution in [-0.2, 0) is 17.3 Å². The van der Waals surface area contributed by atoms with E-state index in [0.29, 0.717) is 5.75 Å². The van der Waals surface area contributed by atoms with Gasteiger partial charge in [0, 0.05) is 52.7 Å². The zero-order valence-corrected chi connectivity index (χ0v) is 13.1. The smallest absolute Gasteiger partial charge is 0.0644 e. The van der Waals surface area contributed by atoms with E-state index < -0.39 is 10.8 Å². The van der Waals surface area contributed by atoms with E-state index in [1.165, 1.54) is 11.3 Å². The van der Waals surface area contributed by atoms with Crippen molar-refractivity contribution in [2.75, 3.05) is 12.0 Å². The predicted octanol–water partition coefficient (Wildman–Crippen LogP) is 1.94.